The molecular weight excluding hydrogens is 279 g/mol. The normalized spacial score (nSPS) is 13.1. The van der Waals surface area contributed by atoms with Crippen LogP contribution in [0.3, 0.4) is 0 Å². The largest absolute Gasteiger partial charge is 0.252 e. The third-order valence-electron chi connectivity index (χ3n) is 4.44. The van der Waals surface area contributed by atoms with Gasteiger partial charge in [0.25, 0.3) is 0 Å². The zero-order valence-electron chi connectivity index (χ0n) is 15.9. The first kappa shape index (κ1) is 21.3. The van der Waals surface area contributed by atoms with Gasteiger partial charge in [0.2, 0.25) is 0 Å². The zero-order chi connectivity index (χ0) is 16.5. The van der Waals surface area contributed by atoms with Gasteiger partial charge in [0, 0.05) is 52.4 Å². The van der Waals surface area contributed by atoms with Gasteiger partial charge in [0.1, 0.15) is 7.87 Å². The Bertz CT molecular complexity index is 193. The van der Waals surface area contributed by atoms with Crippen LogP contribution in [0.4, 0.5) is 0 Å². The molecular formula is C16H40N4P. The van der Waals surface area contributed by atoms with E-state index in [9.17, 15) is 0 Å². The van der Waals surface area contributed by atoms with E-state index in [1.807, 2.05) is 0 Å². The monoisotopic (exact) mass is 319 g/mol. The van der Waals surface area contributed by atoms with E-state index in [-0.39, 0.29) is 0 Å². The molecule has 0 aliphatic heterocycles. The van der Waals surface area contributed by atoms with Crippen LogP contribution in [0.25, 0.3) is 0 Å². The van der Waals surface area contributed by atoms with Crippen LogP contribution in [0.1, 0.15) is 55.4 Å². The van der Waals surface area contributed by atoms with Crippen molar-refractivity contribution in [2.24, 2.45) is 0 Å². The lowest BCUT2D eigenvalue weighted by Gasteiger charge is -2.61. The van der Waals surface area contributed by atoms with Gasteiger partial charge in [0.05, 0.1) is 0 Å². The summed E-state index contributed by atoms with van der Waals surface area (Å²) in [4.78, 5) is 0. The van der Waals surface area contributed by atoms with Crippen molar-refractivity contribution in [1.29, 1.82) is 0 Å². The molecule has 5 heteroatoms. The fourth-order valence-corrected chi connectivity index (χ4v) is 8.67. The lowest BCUT2D eigenvalue weighted by atomic mass is 10.6. The SMILES string of the molecule is CCN(CC)[P](N(CC)CC)(N(CC)CC)N(CC)CC. The summed E-state index contributed by atoms with van der Waals surface area (Å²) in [7, 11) is -1.60. The first-order valence-corrected chi connectivity index (χ1v) is 10.6. The van der Waals surface area contributed by atoms with Crippen molar-refractivity contribution in [3.63, 3.8) is 0 Å². The number of rotatable bonds is 12. The van der Waals surface area contributed by atoms with Crippen molar-refractivity contribution >= 4 is 7.87 Å². The minimum atomic E-state index is -1.60. The van der Waals surface area contributed by atoms with E-state index >= 15 is 0 Å². The third kappa shape index (κ3) is 4.17. The molecule has 0 aliphatic carbocycles. The van der Waals surface area contributed by atoms with Crippen LogP contribution in [-0.4, -0.2) is 71.0 Å². The van der Waals surface area contributed by atoms with Crippen molar-refractivity contribution in [2.45, 2.75) is 55.4 Å². The Kier molecular flexibility index (Phi) is 11.0. The van der Waals surface area contributed by atoms with Crippen LogP contribution in [0.5, 0.6) is 0 Å². The summed E-state index contributed by atoms with van der Waals surface area (Å²) in [5, 5.41) is 0. The quantitative estimate of drug-likeness (QED) is 0.503. The fraction of sp³-hybridized carbons (Fsp3) is 1.00. The van der Waals surface area contributed by atoms with Gasteiger partial charge < -0.3 is 0 Å². The van der Waals surface area contributed by atoms with Crippen molar-refractivity contribution in [3.05, 3.63) is 0 Å². The molecule has 129 valence electrons. The summed E-state index contributed by atoms with van der Waals surface area (Å²) in [6, 6.07) is 0. The Morgan fingerprint density at radius 1 is 0.381 bits per heavy atom. The van der Waals surface area contributed by atoms with Crippen molar-refractivity contribution in [2.75, 3.05) is 52.4 Å². The highest BCUT2D eigenvalue weighted by molar-refractivity contribution is 7.66. The van der Waals surface area contributed by atoms with E-state index in [0.717, 1.165) is 52.4 Å². The van der Waals surface area contributed by atoms with Gasteiger partial charge in [-0.2, -0.15) is 0 Å². The van der Waals surface area contributed by atoms with Crippen LogP contribution < -0.4 is 0 Å². The highest BCUT2D eigenvalue weighted by Crippen LogP contribution is 2.69. The van der Waals surface area contributed by atoms with Gasteiger partial charge in [-0.05, 0) is 0 Å². The van der Waals surface area contributed by atoms with Crippen LogP contribution in [0.2, 0.25) is 0 Å². The van der Waals surface area contributed by atoms with E-state index in [1.54, 1.807) is 0 Å². The Labute approximate surface area is 135 Å². The lowest BCUT2D eigenvalue weighted by Crippen LogP contribution is -2.52. The van der Waals surface area contributed by atoms with Crippen LogP contribution in [0.15, 0.2) is 0 Å². The maximum absolute atomic E-state index is 2.74. The van der Waals surface area contributed by atoms with Gasteiger partial charge in [-0.1, -0.05) is 55.4 Å². The van der Waals surface area contributed by atoms with Gasteiger partial charge in [0.15, 0.2) is 0 Å². The molecule has 0 amide bonds. The maximum atomic E-state index is 2.74. The third-order valence-corrected chi connectivity index (χ3v) is 9.74. The van der Waals surface area contributed by atoms with Crippen molar-refractivity contribution in [3.8, 4) is 0 Å². The molecule has 0 rings (SSSR count). The number of nitrogens with zero attached hydrogens (tertiary/aromatic N) is 4. The molecule has 0 aromatic rings. The second kappa shape index (κ2) is 10.9. The summed E-state index contributed by atoms with van der Waals surface area (Å²) in [6.45, 7) is 27.5. The predicted molar refractivity (Wildman–Crippen MR) is 98.6 cm³/mol. The molecule has 4 nitrogen and oxygen atoms in total. The summed E-state index contributed by atoms with van der Waals surface area (Å²) in [5.74, 6) is 0. The maximum Gasteiger partial charge on any atom is 0.128 e. The van der Waals surface area contributed by atoms with E-state index in [2.05, 4.69) is 74.1 Å². The molecule has 0 aromatic heterocycles. The van der Waals surface area contributed by atoms with Crippen LogP contribution >= 0.6 is 7.87 Å². The van der Waals surface area contributed by atoms with E-state index in [0.29, 0.717) is 0 Å². The molecule has 21 heavy (non-hydrogen) atoms. The number of hydrogen-bond donors (Lipinski definition) is 0. The first-order valence-electron chi connectivity index (χ1n) is 8.99. The average Bonchev–Trinajstić information content (AvgIpc) is 2.51. The first-order chi connectivity index (χ1) is 10.1. The van der Waals surface area contributed by atoms with E-state index in [4.69, 9.17) is 0 Å². The Morgan fingerprint density at radius 2 is 0.524 bits per heavy atom. The molecule has 0 heterocycles. The van der Waals surface area contributed by atoms with E-state index < -0.39 is 7.87 Å². The molecule has 0 aromatic carbocycles. The van der Waals surface area contributed by atoms with Crippen LogP contribution in [-0.2, 0) is 0 Å². The van der Waals surface area contributed by atoms with Gasteiger partial charge in [-0.25, -0.2) is 0 Å². The second-order valence-corrected chi connectivity index (χ2v) is 8.43. The van der Waals surface area contributed by atoms with Gasteiger partial charge >= 0.3 is 0 Å². The molecule has 0 atom stereocenters. The highest BCUT2D eigenvalue weighted by atomic mass is 31.2. The van der Waals surface area contributed by atoms with Crippen molar-refractivity contribution in [1.82, 2.24) is 18.7 Å². The van der Waals surface area contributed by atoms with E-state index in [1.165, 1.54) is 0 Å². The number of hydrogen-bond acceptors (Lipinski definition) is 4. The fourth-order valence-electron chi connectivity index (χ4n) is 3.49. The molecule has 0 saturated heterocycles. The molecule has 0 saturated carbocycles. The topological polar surface area (TPSA) is 13.0 Å². The standard InChI is InChI=1S/C16H40N4P/c1-9-17(10-2)21(18(11-3)12-4,19(13-5)14-6)20(15-7)16-8/h9-16H2,1-8H3. The smallest absolute Gasteiger partial charge is 0.128 e. The minimum Gasteiger partial charge on any atom is -0.252 e. The van der Waals surface area contributed by atoms with Crippen LogP contribution in [0, 0.1) is 0 Å². The Morgan fingerprint density at radius 3 is 0.619 bits per heavy atom. The zero-order valence-corrected chi connectivity index (χ0v) is 16.8. The Hall–Kier alpha value is 0.270. The molecule has 0 N–H and O–H groups in total. The summed E-state index contributed by atoms with van der Waals surface area (Å²) >= 11 is 0. The Balaban J connectivity index is 6.15. The lowest BCUT2D eigenvalue weighted by molar-refractivity contribution is 0.262. The summed E-state index contributed by atoms with van der Waals surface area (Å²) in [5.41, 5.74) is 0. The minimum absolute atomic E-state index is 1.12. The van der Waals surface area contributed by atoms with Crippen molar-refractivity contribution < 1.29 is 0 Å². The molecule has 0 spiro atoms. The molecule has 0 unspecified atom stereocenters. The summed E-state index contributed by atoms with van der Waals surface area (Å²) < 4.78 is 10.9. The molecule has 0 bridgehead atoms. The predicted octanol–water partition coefficient (Wildman–Crippen LogP) is 4.03. The van der Waals surface area contributed by atoms with Gasteiger partial charge in [-0.3, -0.25) is 18.7 Å². The second-order valence-electron chi connectivity index (χ2n) is 5.09. The van der Waals surface area contributed by atoms with Gasteiger partial charge in [-0.15, -0.1) is 0 Å². The highest BCUT2D eigenvalue weighted by Gasteiger charge is 2.46. The summed E-state index contributed by atoms with van der Waals surface area (Å²) in [6.07, 6.45) is 0. The molecule has 0 fully saturated rings. The molecule has 1 radical (unpaired) electrons. The molecule has 0 aliphatic rings. The average molecular weight is 319 g/mol.